The number of nitrogens with two attached hydrogens (primary N) is 1. The van der Waals surface area contributed by atoms with Crippen LogP contribution in [0.5, 0.6) is 0 Å². The van der Waals surface area contributed by atoms with E-state index in [1.165, 1.54) is 0 Å². The van der Waals surface area contributed by atoms with Crippen molar-refractivity contribution in [2.75, 3.05) is 5.73 Å². The molecule has 0 atom stereocenters. The molecule has 0 radical (unpaired) electrons. The van der Waals surface area contributed by atoms with Gasteiger partial charge >= 0.3 is 0 Å². The lowest BCUT2D eigenvalue weighted by Crippen LogP contribution is -1.87. The summed E-state index contributed by atoms with van der Waals surface area (Å²) in [6.07, 6.45) is 1.63. The van der Waals surface area contributed by atoms with Crippen LogP contribution in [0.25, 0.3) is 10.9 Å². The van der Waals surface area contributed by atoms with E-state index in [1.807, 2.05) is 0 Å². The Labute approximate surface area is 79.7 Å². The molecule has 0 aliphatic rings. The number of nitrogen functional groups attached to an aromatic ring is 1. The third-order valence-electron chi connectivity index (χ3n) is 1.94. The molecule has 0 spiro atoms. The Morgan fingerprint density at radius 1 is 1.46 bits per heavy atom. The van der Waals surface area contributed by atoms with Gasteiger partial charge in [0.1, 0.15) is 0 Å². The van der Waals surface area contributed by atoms with E-state index in [0.29, 0.717) is 21.7 Å². The van der Waals surface area contributed by atoms with Crippen molar-refractivity contribution in [3.63, 3.8) is 0 Å². The number of H-pyrrole nitrogens is 1. The van der Waals surface area contributed by atoms with Gasteiger partial charge in [-0.1, -0.05) is 11.6 Å². The molecule has 0 fully saturated rings. The fourth-order valence-corrected chi connectivity index (χ4v) is 1.57. The first-order valence-corrected chi connectivity index (χ1v) is 4.07. The molecule has 13 heavy (non-hydrogen) atoms. The number of aromatic amines is 1. The molecule has 1 aromatic carbocycles. The van der Waals surface area contributed by atoms with Crippen LogP contribution in [0.1, 0.15) is 5.56 Å². The van der Waals surface area contributed by atoms with Gasteiger partial charge in [0.25, 0.3) is 0 Å². The predicted molar refractivity (Wildman–Crippen MR) is 52.4 cm³/mol. The summed E-state index contributed by atoms with van der Waals surface area (Å²) in [5, 5.41) is 10.0. The molecule has 0 amide bonds. The van der Waals surface area contributed by atoms with E-state index in [4.69, 9.17) is 22.6 Å². The minimum atomic E-state index is 0.527. The van der Waals surface area contributed by atoms with Crippen molar-refractivity contribution in [2.45, 2.75) is 0 Å². The summed E-state index contributed by atoms with van der Waals surface area (Å²) in [7, 11) is 0. The number of anilines is 1. The first kappa shape index (κ1) is 7.96. The zero-order valence-corrected chi connectivity index (χ0v) is 7.39. The first-order valence-electron chi connectivity index (χ1n) is 3.69. The largest absolute Gasteiger partial charge is 0.397 e. The number of nitriles is 1. The number of nitrogens with zero attached hydrogens (tertiary/aromatic N) is 1. The van der Waals surface area contributed by atoms with Crippen LogP contribution in [-0.2, 0) is 0 Å². The maximum atomic E-state index is 8.81. The molecule has 2 aromatic rings. The van der Waals surface area contributed by atoms with Crippen molar-refractivity contribution >= 4 is 28.2 Å². The lowest BCUT2D eigenvalue weighted by atomic mass is 10.1. The van der Waals surface area contributed by atoms with Gasteiger partial charge in [0.15, 0.2) is 0 Å². The van der Waals surface area contributed by atoms with E-state index in [0.717, 1.165) is 5.52 Å². The standard InChI is InChI=1S/C9H6ClN3/c10-6-4-13-9-7(12)2-1-5(3-11)8(6)9/h1-2,4,13H,12H2. The maximum absolute atomic E-state index is 8.81. The molecule has 0 saturated carbocycles. The monoisotopic (exact) mass is 191 g/mol. The lowest BCUT2D eigenvalue weighted by Gasteiger charge is -1.97. The Kier molecular flexibility index (Phi) is 1.64. The summed E-state index contributed by atoms with van der Waals surface area (Å²) in [5.41, 5.74) is 7.56. The van der Waals surface area contributed by atoms with Crippen molar-refractivity contribution in [3.8, 4) is 6.07 Å². The average Bonchev–Trinajstić information content (AvgIpc) is 2.51. The summed E-state index contributed by atoms with van der Waals surface area (Å²) in [6, 6.07) is 5.42. The van der Waals surface area contributed by atoms with Crippen LogP contribution in [0.4, 0.5) is 5.69 Å². The minimum absolute atomic E-state index is 0.527. The second kappa shape index (κ2) is 2.68. The van der Waals surface area contributed by atoms with Crippen LogP contribution >= 0.6 is 11.6 Å². The van der Waals surface area contributed by atoms with Gasteiger partial charge in [-0.3, -0.25) is 0 Å². The molecule has 0 unspecified atom stereocenters. The Hall–Kier alpha value is -1.66. The quantitative estimate of drug-likeness (QED) is 0.628. The van der Waals surface area contributed by atoms with Gasteiger partial charge in [0, 0.05) is 11.6 Å². The number of halogens is 1. The molecule has 0 bridgehead atoms. The van der Waals surface area contributed by atoms with Gasteiger partial charge in [-0.25, -0.2) is 0 Å². The second-order valence-electron chi connectivity index (χ2n) is 2.70. The van der Waals surface area contributed by atoms with Crippen molar-refractivity contribution < 1.29 is 0 Å². The van der Waals surface area contributed by atoms with Gasteiger partial charge in [-0.05, 0) is 12.1 Å². The molecule has 2 rings (SSSR count). The van der Waals surface area contributed by atoms with Crippen LogP contribution in [0.3, 0.4) is 0 Å². The van der Waals surface area contributed by atoms with Crippen LogP contribution in [0.2, 0.25) is 5.02 Å². The molecule has 0 saturated heterocycles. The number of hydrogen-bond acceptors (Lipinski definition) is 2. The molecular formula is C9H6ClN3. The highest BCUT2D eigenvalue weighted by Crippen LogP contribution is 2.29. The van der Waals surface area contributed by atoms with Crippen molar-refractivity contribution in [1.82, 2.24) is 4.98 Å². The summed E-state index contributed by atoms with van der Waals surface area (Å²) in [6.45, 7) is 0. The molecule has 0 aliphatic heterocycles. The summed E-state index contributed by atoms with van der Waals surface area (Å²) >= 11 is 5.89. The van der Waals surface area contributed by atoms with Crippen LogP contribution < -0.4 is 5.73 Å². The van der Waals surface area contributed by atoms with E-state index in [2.05, 4.69) is 11.1 Å². The third-order valence-corrected chi connectivity index (χ3v) is 2.24. The predicted octanol–water partition coefficient (Wildman–Crippen LogP) is 2.28. The topological polar surface area (TPSA) is 65.6 Å². The smallest absolute Gasteiger partial charge is 0.0999 e. The van der Waals surface area contributed by atoms with Crippen molar-refractivity contribution in [3.05, 3.63) is 28.9 Å². The summed E-state index contributed by atoms with van der Waals surface area (Å²) in [5.74, 6) is 0. The molecule has 4 heteroatoms. The number of aromatic nitrogens is 1. The van der Waals surface area contributed by atoms with Gasteiger partial charge in [-0.2, -0.15) is 5.26 Å². The van der Waals surface area contributed by atoms with Crippen LogP contribution in [0.15, 0.2) is 18.3 Å². The second-order valence-corrected chi connectivity index (χ2v) is 3.11. The first-order chi connectivity index (χ1) is 6.24. The fraction of sp³-hybridized carbons (Fsp3) is 0. The SMILES string of the molecule is N#Cc1ccc(N)c2[nH]cc(Cl)c12. The molecule has 0 aliphatic carbocycles. The Morgan fingerprint density at radius 2 is 2.23 bits per heavy atom. The van der Waals surface area contributed by atoms with E-state index >= 15 is 0 Å². The molecule has 3 N–H and O–H groups in total. The van der Waals surface area contributed by atoms with Gasteiger partial charge in [-0.15, -0.1) is 0 Å². The third kappa shape index (κ3) is 1.04. The number of hydrogen-bond donors (Lipinski definition) is 2. The number of rotatable bonds is 0. The summed E-state index contributed by atoms with van der Waals surface area (Å²) in [4.78, 5) is 2.92. The van der Waals surface area contributed by atoms with E-state index in [1.54, 1.807) is 18.3 Å². The highest BCUT2D eigenvalue weighted by atomic mass is 35.5. The summed E-state index contributed by atoms with van der Waals surface area (Å²) < 4.78 is 0. The van der Waals surface area contributed by atoms with Crippen LogP contribution in [-0.4, -0.2) is 4.98 Å². The van der Waals surface area contributed by atoms with E-state index in [9.17, 15) is 0 Å². The Morgan fingerprint density at radius 3 is 2.92 bits per heavy atom. The number of nitrogens with one attached hydrogen (secondary N) is 1. The number of fused-ring (bicyclic) bond motifs is 1. The van der Waals surface area contributed by atoms with Crippen molar-refractivity contribution in [1.29, 1.82) is 5.26 Å². The van der Waals surface area contributed by atoms with Crippen molar-refractivity contribution in [2.24, 2.45) is 0 Å². The Balaban J connectivity index is 2.99. The van der Waals surface area contributed by atoms with Gasteiger partial charge in [0.2, 0.25) is 0 Å². The van der Waals surface area contributed by atoms with Gasteiger partial charge < -0.3 is 10.7 Å². The van der Waals surface area contributed by atoms with E-state index in [-0.39, 0.29) is 0 Å². The molecule has 1 aromatic heterocycles. The molecule has 3 nitrogen and oxygen atoms in total. The Bertz CT molecular complexity index is 507. The molecule has 1 heterocycles. The zero-order chi connectivity index (χ0) is 9.42. The molecule has 64 valence electrons. The van der Waals surface area contributed by atoms with Gasteiger partial charge in [0.05, 0.1) is 27.9 Å². The lowest BCUT2D eigenvalue weighted by molar-refractivity contribution is 1.47. The zero-order valence-electron chi connectivity index (χ0n) is 6.63. The van der Waals surface area contributed by atoms with Crippen LogP contribution in [0, 0.1) is 11.3 Å². The molecular weight excluding hydrogens is 186 g/mol. The highest BCUT2D eigenvalue weighted by Gasteiger charge is 2.08. The fourth-order valence-electron chi connectivity index (χ4n) is 1.32. The van der Waals surface area contributed by atoms with E-state index < -0.39 is 0 Å². The number of benzene rings is 1. The highest BCUT2D eigenvalue weighted by molar-refractivity contribution is 6.36. The normalized spacial score (nSPS) is 10.2. The average molecular weight is 192 g/mol. The minimum Gasteiger partial charge on any atom is -0.397 e. The maximum Gasteiger partial charge on any atom is 0.0999 e.